The number of anilines is 1. The normalized spacial score (nSPS) is 17.7. The number of aryl methyl sites for hydroxylation is 1. The Morgan fingerprint density at radius 1 is 1.05 bits per heavy atom. The van der Waals surface area contributed by atoms with Crippen LogP contribution in [0.1, 0.15) is 35.6 Å². The highest BCUT2D eigenvalue weighted by molar-refractivity contribution is 5.46. The first-order chi connectivity index (χ1) is 9.84. The number of hydrogen-bond acceptors (Lipinski definition) is 2. The summed E-state index contributed by atoms with van der Waals surface area (Å²) in [6, 6.07) is 16.7. The molecule has 0 bridgehead atoms. The molecule has 0 aliphatic heterocycles. The van der Waals surface area contributed by atoms with Crippen LogP contribution in [0.5, 0.6) is 0 Å². The minimum absolute atomic E-state index is 0.255. The van der Waals surface area contributed by atoms with E-state index in [0.717, 1.165) is 25.1 Å². The van der Waals surface area contributed by atoms with Gasteiger partial charge < -0.3 is 10.5 Å². The van der Waals surface area contributed by atoms with Gasteiger partial charge in [0.15, 0.2) is 0 Å². The number of fused-ring (bicyclic) bond motifs is 1. The molecule has 2 aromatic carbocycles. The summed E-state index contributed by atoms with van der Waals surface area (Å²) in [4.78, 5) is 0. The molecule has 1 aliphatic carbocycles. The summed E-state index contributed by atoms with van der Waals surface area (Å²) in [6.45, 7) is 0.729. The van der Waals surface area contributed by atoms with Crippen LogP contribution < -0.4 is 5.73 Å². The van der Waals surface area contributed by atoms with Gasteiger partial charge in [0.25, 0.3) is 0 Å². The summed E-state index contributed by atoms with van der Waals surface area (Å²) in [5, 5.41) is 0. The van der Waals surface area contributed by atoms with E-state index in [9.17, 15) is 0 Å². The maximum atomic E-state index is 6.11. The maximum Gasteiger partial charge on any atom is 0.0827 e. The lowest BCUT2D eigenvalue weighted by atomic mass is 9.89. The van der Waals surface area contributed by atoms with Gasteiger partial charge in [-0.2, -0.15) is 0 Å². The van der Waals surface area contributed by atoms with E-state index in [1.54, 1.807) is 0 Å². The molecule has 0 amide bonds. The molecule has 1 aliphatic rings. The molecule has 0 aromatic heterocycles. The van der Waals surface area contributed by atoms with Crippen molar-refractivity contribution in [3.63, 3.8) is 0 Å². The van der Waals surface area contributed by atoms with Crippen LogP contribution >= 0.6 is 0 Å². The SMILES string of the molecule is Nc1ccccc1CCOC1CCCc2ccccc21. The van der Waals surface area contributed by atoms with Crippen LogP contribution in [0.15, 0.2) is 48.5 Å². The predicted octanol–water partition coefficient (Wildman–Crippen LogP) is 3.91. The first-order valence-corrected chi connectivity index (χ1v) is 7.37. The number of benzene rings is 2. The standard InChI is InChI=1S/C18H21NO/c19-17-10-4-2-7-15(17)12-13-20-18-11-5-8-14-6-1-3-9-16(14)18/h1-4,6-7,9-10,18H,5,8,11-13,19H2. The van der Waals surface area contributed by atoms with E-state index in [-0.39, 0.29) is 6.10 Å². The Hall–Kier alpha value is -1.80. The van der Waals surface area contributed by atoms with Gasteiger partial charge in [0.2, 0.25) is 0 Å². The zero-order chi connectivity index (χ0) is 13.8. The Morgan fingerprint density at radius 3 is 2.75 bits per heavy atom. The van der Waals surface area contributed by atoms with Crippen LogP contribution in [0.2, 0.25) is 0 Å². The van der Waals surface area contributed by atoms with Gasteiger partial charge in [-0.05, 0) is 48.4 Å². The van der Waals surface area contributed by atoms with Crippen molar-refractivity contribution >= 4 is 5.69 Å². The summed E-state index contributed by atoms with van der Waals surface area (Å²) >= 11 is 0. The molecule has 0 spiro atoms. The fourth-order valence-corrected chi connectivity index (χ4v) is 2.96. The summed E-state index contributed by atoms with van der Waals surface area (Å²) < 4.78 is 6.11. The second-order valence-corrected chi connectivity index (χ2v) is 5.40. The Morgan fingerprint density at radius 2 is 1.85 bits per heavy atom. The molecule has 0 fully saturated rings. The van der Waals surface area contributed by atoms with Gasteiger partial charge in [-0.1, -0.05) is 42.5 Å². The largest absolute Gasteiger partial charge is 0.399 e. The summed E-state index contributed by atoms with van der Waals surface area (Å²) in [7, 11) is 0. The zero-order valence-electron chi connectivity index (χ0n) is 11.7. The molecule has 0 radical (unpaired) electrons. The van der Waals surface area contributed by atoms with Crippen molar-refractivity contribution in [3.8, 4) is 0 Å². The van der Waals surface area contributed by atoms with E-state index >= 15 is 0 Å². The number of nitrogen functional groups attached to an aromatic ring is 1. The Bertz CT molecular complexity index is 579. The van der Waals surface area contributed by atoms with Crippen molar-refractivity contribution in [1.82, 2.24) is 0 Å². The van der Waals surface area contributed by atoms with Crippen LogP contribution in [0, 0.1) is 0 Å². The average Bonchev–Trinajstić information content (AvgIpc) is 2.49. The van der Waals surface area contributed by atoms with Crippen LogP contribution in [0.3, 0.4) is 0 Å². The monoisotopic (exact) mass is 267 g/mol. The van der Waals surface area contributed by atoms with Crippen LogP contribution in [0.4, 0.5) is 5.69 Å². The smallest absolute Gasteiger partial charge is 0.0827 e. The van der Waals surface area contributed by atoms with E-state index in [4.69, 9.17) is 10.5 Å². The van der Waals surface area contributed by atoms with E-state index in [2.05, 4.69) is 30.3 Å². The number of nitrogens with two attached hydrogens (primary N) is 1. The molecule has 3 rings (SSSR count). The second kappa shape index (κ2) is 6.10. The Kier molecular flexibility index (Phi) is 4.03. The van der Waals surface area contributed by atoms with Crippen LogP contribution in [-0.4, -0.2) is 6.61 Å². The molecule has 1 atom stereocenters. The number of rotatable bonds is 4. The molecule has 1 unspecified atom stereocenters. The van der Waals surface area contributed by atoms with Crippen LogP contribution in [-0.2, 0) is 17.6 Å². The third kappa shape index (κ3) is 2.86. The fraction of sp³-hybridized carbons (Fsp3) is 0.333. The first kappa shape index (κ1) is 13.2. The molecule has 0 heterocycles. The molecule has 2 aromatic rings. The minimum atomic E-state index is 0.255. The summed E-state index contributed by atoms with van der Waals surface area (Å²) in [5.74, 6) is 0. The van der Waals surface area contributed by atoms with Crippen molar-refractivity contribution in [2.24, 2.45) is 0 Å². The lowest BCUT2D eigenvalue weighted by Crippen LogP contribution is -2.14. The van der Waals surface area contributed by atoms with Gasteiger partial charge in [-0.25, -0.2) is 0 Å². The molecule has 0 saturated heterocycles. The minimum Gasteiger partial charge on any atom is -0.399 e. The second-order valence-electron chi connectivity index (χ2n) is 5.40. The van der Waals surface area contributed by atoms with Crippen molar-refractivity contribution in [2.75, 3.05) is 12.3 Å². The van der Waals surface area contributed by atoms with Gasteiger partial charge in [0, 0.05) is 5.69 Å². The van der Waals surface area contributed by atoms with Crippen molar-refractivity contribution < 1.29 is 4.74 Å². The van der Waals surface area contributed by atoms with Crippen LogP contribution in [0.25, 0.3) is 0 Å². The van der Waals surface area contributed by atoms with Gasteiger partial charge in [-0.15, -0.1) is 0 Å². The summed E-state index contributed by atoms with van der Waals surface area (Å²) in [5.41, 5.74) is 10.8. The van der Waals surface area contributed by atoms with E-state index in [1.165, 1.54) is 29.5 Å². The molecule has 104 valence electrons. The molecule has 20 heavy (non-hydrogen) atoms. The third-order valence-corrected chi connectivity index (χ3v) is 4.06. The quantitative estimate of drug-likeness (QED) is 0.852. The Labute approximate surface area is 120 Å². The Balaban J connectivity index is 1.61. The van der Waals surface area contributed by atoms with Gasteiger partial charge in [0.05, 0.1) is 12.7 Å². The lowest BCUT2D eigenvalue weighted by molar-refractivity contribution is 0.0428. The molecule has 2 nitrogen and oxygen atoms in total. The number of ether oxygens (including phenoxy) is 1. The van der Waals surface area contributed by atoms with E-state index in [0.29, 0.717) is 0 Å². The number of para-hydroxylation sites is 1. The molecule has 2 N–H and O–H groups in total. The lowest BCUT2D eigenvalue weighted by Gasteiger charge is -2.25. The van der Waals surface area contributed by atoms with Gasteiger partial charge >= 0.3 is 0 Å². The topological polar surface area (TPSA) is 35.2 Å². The molecular formula is C18H21NO. The highest BCUT2D eigenvalue weighted by Crippen LogP contribution is 2.32. The number of hydrogen-bond donors (Lipinski definition) is 1. The van der Waals surface area contributed by atoms with Crippen molar-refractivity contribution in [3.05, 3.63) is 65.2 Å². The zero-order valence-corrected chi connectivity index (χ0v) is 11.7. The average molecular weight is 267 g/mol. The maximum absolute atomic E-state index is 6.11. The third-order valence-electron chi connectivity index (χ3n) is 4.06. The highest BCUT2D eigenvalue weighted by atomic mass is 16.5. The van der Waals surface area contributed by atoms with E-state index < -0.39 is 0 Å². The summed E-state index contributed by atoms with van der Waals surface area (Å²) in [6.07, 6.45) is 4.66. The van der Waals surface area contributed by atoms with E-state index in [1.807, 2.05) is 18.2 Å². The van der Waals surface area contributed by atoms with Crippen molar-refractivity contribution in [2.45, 2.75) is 31.8 Å². The van der Waals surface area contributed by atoms with Crippen molar-refractivity contribution in [1.29, 1.82) is 0 Å². The molecule has 2 heteroatoms. The highest BCUT2D eigenvalue weighted by Gasteiger charge is 2.19. The predicted molar refractivity (Wildman–Crippen MR) is 82.6 cm³/mol. The van der Waals surface area contributed by atoms with Gasteiger partial charge in [-0.3, -0.25) is 0 Å². The molecule has 0 saturated carbocycles. The fourth-order valence-electron chi connectivity index (χ4n) is 2.96. The first-order valence-electron chi connectivity index (χ1n) is 7.37. The van der Waals surface area contributed by atoms with Gasteiger partial charge in [0.1, 0.15) is 0 Å². The molecular weight excluding hydrogens is 246 g/mol.